The Morgan fingerprint density at radius 3 is 2.22 bits per heavy atom. The molecule has 92 valence electrons. The van der Waals surface area contributed by atoms with E-state index in [4.69, 9.17) is 0 Å². The van der Waals surface area contributed by atoms with Crippen LogP contribution in [0.15, 0.2) is 48.5 Å². The third-order valence-electron chi connectivity index (χ3n) is 3.05. The summed E-state index contributed by atoms with van der Waals surface area (Å²) in [4.78, 5) is 12.2. The van der Waals surface area contributed by atoms with Crippen molar-refractivity contribution >= 4 is 5.78 Å². The van der Waals surface area contributed by atoms with Gasteiger partial charge in [-0.3, -0.25) is 4.79 Å². The van der Waals surface area contributed by atoms with Gasteiger partial charge in [0, 0.05) is 5.56 Å². The van der Waals surface area contributed by atoms with Crippen LogP contribution in [0.25, 0.3) is 0 Å². The van der Waals surface area contributed by atoms with Crippen LogP contribution in [0.1, 0.15) is 33.2 Å². The van der Waals surface area contributed by atoms with Gasteiger partial charge in [0.1, 0.15) is 6.10 Å². The highest BCUT2D eigenvalue weighted by molar-refractivity contribution is 6.01. The van der Waals surface area contributed by atoms with Crippen LogP contribution in [0.5, 0.6) is 0 Å². The van der Waals surface area contributed by atoms with E-state index in [2.05, 4.69) is 0 Å². The summed E-state index contributed by atoms with van der Waals surface area (Å²) in [6.07, 6.45) is -1.09. The minimum atomic E-state index is -1.09. The molecule has 1 unspecified atom stereocenters. The van der Waals surface area contributed by atoms with Gasteiger partial charge in [-0.1, -0.05) is 54.1 Å². The molecule has 0 radical (unpaired) electrons. The van der Waals surface area contributed by atoms with Crippen LogP contribution in [0.2, 0.25) is 0 Å². The number of hydrogen-bond acceptors (Lipinski definition) is 2. The molecular weight excluding hydrogens is 224 g/mol. The molecule has 2 aromatic rings. The zero-order valence-electron chi connectivity index (χ0n) is 10.6. The largest absolute Gasteiger partial charge is 0.380 e. The molecule has 0 fully saturated rings. The molecule has 0 heterocycles. The molecule has 2 rings (SSSR count). The fourth-order valence-corrected chi connectivity index (χ4v) is 1.90. The summed E-state index contributed by atoms with van der Waals surface area (Å²) >= 11 is 0. The van der Waals surface area contributed by atoms with Crippen LogP contribution < -0.4 is 0 Å². The van der Waals surface area contributed by atoms with E-state index in [0.29, 0.717) is 11.1 Å². The lowest BCUT2D eigenvalue weighted by Crippen LogP contribution is -2.13. The first kappa shape index (κ1) is 12.5. The van der Waals surface area contributed by atoms with Gasteiger partial charge in [0.05, 0.1) is 0 Å². The topological polar surface area (TPSA) is 37.3 Å². The SMILES string of the molecule is Cc1ccc(C(O)C(=O)c2ccccc2C)cc1. The minimum Gasteiger partial charge on any atom is -0.380 e. The second-order valence-electron chi connectivity index (χ2n) is 4.49. The van der Waals surface area contributed by atoms with Crippen molar-refractivity contribution in [3.8, 4) is 0 Å². The van der Waals surface area contributed by atoms with Crippen molar-refractivity contribution in [1.82, 2.24) is 0 Å². The van der Waals surface area contributed by atoms with E-state index in [1.54, 1.807) is 18.2 Å². The third-order valence-corrected chi connectivity index (χ3v) is 3.05. The number of aryl methyl sites for hydroxylation is 2. The summed E-state index contributed by atoms with van der Waals surface area (Å²) < 4.78 is 0. The van der Waals surface area contributed by atoms with Gasteiger partial charge in [-0.15, -0.1) is 0 Å². The van der Waals surface area contributed by atoms with Crippen LogP contribution in [0.4, 0.5) is 0 Å². The van der Waals surface area contributed by atoms with Gasteiger partial charge < -0.3 is 5.11 Å². The lowest BCUT2D eigenvalue weighted by Gasteiger charge is -2.12. The number of ketones is 1. The van der Waals surface area contributed by atoms with Gasteiger partial charge in [-0.2, -0.15) is 0 Å². The maximum Gasteiger partial charge on any atom is 0.196 e. The molecule has 2 aromatic carbocycles. The molecule has 2 nitrogen and oxygen atoms in total. The van der Waals surface area contributed by atoms with E-state index in [1.807, 2.05) is 44.2 Å². The minimum absolute atomic E-state index is 0.253. The average molecular weight is 240 g/mol. The quantitative estimate of drug-likeness (QED) is 0.836. The Bertz CT molecular complexity index is 556. The number of carbonyl (C=O) groups is 1. The molecule has 0 aliphatic rings. The van der Waals surface area contributed by atoms with Crippen LogP contribution in [-0.4, -0.2) is 10.9 Å². The van der Waals surface area contributed by atoms with Crippen molar-refractivity contribution in [3.05, 3.63) is 70.8 Å². The molecule has 0 spiro atoms. The first-order chi connectivity index (χ1) is 8.59. The van der Waals surface area contributed by atoms with E-state index in [0.717, 1.165) is 11.1 Å². The molecule has 0 saturated carbocycles. The summed E-state index contributed by atoms with van der Waals surface area (Å²) in [6, 6.07) is 14.7. The summed E-state index contributed by atoms with van der Waals surface area (Å²) in [6.45, 7) is 3.84. The first-order valence-electron chi connectivity index (χ1n) is 5.94. The molecule has 0 aromatic heterocycles. The number of aliphatic hydroxyl groups is 1. The number of rotatable bonds is 3. The Hall–Kier alpha value is -1.93. The average Bonchev–Trinajstić information content (AvgIpc) is 2.38. The van der Waals surface area contributed by atoms with Crippen LogP contribution in [0.3, 0.4) is 0 Å². The molecule has 1 atom stereocenters. The molecule has 0 saturated heterocycles. The Morgan fingerprint density at radius 1 is 1.00 bits per heavy atom. The van der Waals surface area contributed by atoms with Crippen molar-refractivity contribution in [2.75, 3.05) is 0 Å². The molecular formula is C16H16O2. The van der Waals surface area contributed by atoms with Crippen LogP contribution in [0, 0.1) is 13.8 Å². The zero-order valence-corrected chi connectivity index (χ0v) is 10.6. The van der Waals surface area contributed by atoms with Crippen molar-refractivity contribution < 1.29 is 9.90 Å². The monoisotopic (exact) mass is 240 g/mol. The predicted molar refractivity (Wildman–Crippen MR) is 71.6 cm³/mol. The molecule has 0 aliphatic carbocycles. The van der Waals surface area contributed by atoms with Crippen LogP contribution >= 0.6 is 0 Å². The third kappa shape index (κ3) is 2.49. The summed E-state index contributed by atoms with van der Waals surface area (Å²) in [5.74, 6) is -0.253. The molecule has 1 N–H and O–H groups in total. The number of benzene rings is 2. The van der Waals surface area contributed by atoms with Crippen molar-refractivity contribution in [3.63, 3.8) is 0 Å². The van der Waals surface area contributed by atoms with Crippen molar-refractivity contribution in [2.45, 2.75) is 20.0 Å². The summed E-state index contributed by atoms with van der Waals surface area (Å²) in [5.41, 5.74) is 3.20. The van der Waals surface area contributed by atoms with Gasteiger partial charge in [-0.25, -0.2) is 0 Å². The smallest absolute Gasteiger partial charge is 0.196 e. The number of hydrogen-bond donors (Lipinski definition) is 1. The lowest BCUT2D eigenvalue weighted by molar-refractivity contribution is 0.0747. The molecule has 0 bridgehead atoms. The number of carbonyl (C=O) groups excluding carboxylic acids is 1. The van der Waals surface area contributed by atoms with E-state index in [-0.39, 0.29) is 5.78 Å². The summed E-state index contributed by atoms with van der Waals surface area (Å²) in [5, 5.41) is 10.1. The maximum atomic E-state index is 12.2. The Kier molecular flexibility index (Phi) is 3.58. The van der Waals surface area contributed by atoms with Gasteiger partial charge in [0.25, 0.3) is 0 Å². The molecule has 0 amide bonds. The maximum absolute atomic E-state index is 12.2. The first-order valence-corrected chi connectivity index (χ1v) is 5.94. The number of aliphatic hydroxyl groups excluding tert-OH is 1. The predicted octanol–water partition coefficient (Wildman–Crippen LogP) is 3.22. The number of Topliss-reactive ketones (excluding diaryl/α,β-unsaturated/α-hetero) is 1. The molecule has 2 heteroatoms. The highest BCUT2D eigenvalue weighted by atomic mass is 16.3. The van der Waals surface area contributed by atoms with Crippen molar-refractivity contribution in [2.24, 2.45) is 0 Å². The fourth-order valence-electron chi connectivity index (χ4n) is 1.90. The van der Waals surface area contributed by atoms with Gasteiger partial charge >= 0.3 is 0 Å². The Balaban J connectivity index is 2.29. The van der Waals surface area contributed by atoms with E-state index >= 15 is 0 Å². The Morgan fingerprint density at radius 2 is 1.61 bits per heavy atom. The Labute approximate surface area is 107 Å². The van der Waals surface area contributed by atoms with E-state index in [1.165, 1.54) is 0 Å². The summed E-state index contributed by atoms with van der Waals surface area (Å²) in [7, 11) is 0. The molecule has 18 heavy (non-hydrogen) atoms. The normalized spacial score (nSPS) is 12.2. The standard InChI is InChI=1S/C16H16O2/c1-11-7-9-13(10-8-11)15(17)16(18)14-6-4-3-5-12(14)2/h3-10,15,17H,1-2H3. The van der Waals surface area contributed by atoms with Crippen LogP contribution in [-0.2, 0) is 0 Å². The van der Waals surface area contributed by atoms with Gasteiger partial charge in [0.2, 0.25) is 0 Å². The molecule has 0 aliphatic heterocycles. The van der Waals surface area contributed by atoms with E-state index < -0.39 is 6.10 Å². The van der Waals surface area contributed by atoms with Gasteiger partial charge in [0.15, 0.2) is 5.78 Å². The fraction of sp³-hybridized carbons (Fsp3) is 0.188. The highest BCUT2D eigenvalue weighted by Crippen LogP contribution is 2.20. The second kappa shape index (κ2) is 5.15. The second-order valence-corrected chi connectivity index (χ2v) is 4.49. The highest BCUT2D eigenvalue weighted by Gasteiger charge is 2.20. The van der Waals surface area contributed by atoms with Gasteiger partial charge in [-0.05, 0) is 25.0 Å². The van der Waals surface area contributed by atoms with E-state index in [9.17, 15) is 9.90 Å². The lowest BCUT2D eigenvalue weighted by atomic mass is 9.96. The zero-order chi connectivity index (χ0) is 13.1. The van der Waals surface area contributed by atoms with Crippen molar-refractivity contribution in [1.29, 1.82) is 0 Å².